The van der Waals surface area contributed by atoms with Gasteiger partial charge in [-0.05, 0) is 66.6 Å². The van der Waals surface area contributed by atoms with Crippen LogP contribution in [-0.4, -0.2) is 46.5 Å². The maximum absolute atomic E-state index is 13.6. The summed E-state index contributed by atoms with van der Waals surface area (Å²) in [5.41, 5.74) is 4.65. The van der Waals surface area contributed by atoms with Gasteiger partial charge >= 0.3 is 0 Å². The average molecular weight is 572 g/mol. The lowest BCUT2D eigenvalue weighted by Crippen LogP contribution is -2.54. The number of carbonyl (C=O) groups excluding carboxylic acids is 1. The minimum absolute atomic E-state index is 0.0127. The van der Waals surface area contributed by atoms with Gasteiger partial charge in [-0.3, -0.25) is 10.1 Å². The van der Waals surface area contributed by atoms with Gasteiger partial charge in [0, 0.05) is 48.3 Å². The molecule has 8 heteroatoms. The van der Waals surface area contributed by atoms with E-state index in [1.54, 1.807) is 6.20 Å². The zero-order valence-electron chi connectivity index (χ0n) is 23.0. The number of halogens is 2. The molecule has 1 aromatic heterocycles. The molecule has 6 rings (SSSR count). The van der Waals surface area contributed by atoms with Gasteiger partial charge in [0.2, 0.25) is 5.91 Å². The zero-order valence-corrected chi connectivity index (χ0v) is 23.8. The largest absolute Gasteiger partial charge is 0.345 e. The molecule has 1 amide bonds. The third-order valence-electron chi connectivity index (χ3n) is 8.69. The highest BCUT2D eigenvalue weighted by molar-refractivity contribution is 6.31. The van der Waals surface area contributed by atoms with Gasteiger partial charge in [0.05, 0.1) is 11.6 Å². The number of imidazole rings is 1. The van der Waals surface area contributed by atoms with Gasteiger partial charge < -0.3 is 15.2 Å². The molecule has 0 unspecified atom stereocenters. The van der Waals surface area contributed by atoms with Crippen molar-refractivity contribution in [2.45, 2.75) is 50.1 Å². The Hall–Kier alpha value is -3.52. The van der Waals surface area contributed by atoms with E-state index in [0.29, 0.717) is 11.7 Å². The van der Waals surface area contributed by atoms with Crippen molar-refractivity contribution in [1.29, 1.82) is 0 Å². The number of rotatable bonds is 8. The Bertz CT molecular complexity index is 1480. The fraction of sp³-hybridized carbons (Fsp3) is 0.333. The van der Waals surface area contributed by atoms with E-state index in [4.69, 9.17) is 11.6 Å². The van der Waals surface area contributed by atoms with Crippen LogP contribution in [0.5, 0.6) is 0 Å². The minimum atomic E-state index is -0.507. The van der Waals surface area contributed by atoms with Crippen molar-refractivity contribution in [3.05, 3.63) is 95.5 Å². The summed E-state index contributed by atoms with van der Waals surface area (Å²) in [5, 5.41) is 6.47. The lowest BCUT2D eigenvalue weighted by atomic mass is 9.79. The first-order chi connectivity index (χ1) is 20.0. The van der Waals surface area contributed by atoms with Gasteiger partial charge in [-0.25, -0.2) is 9.37 Å². The second-order valence-corrected chi connectivity index (χ2v) is 11.6. The summed E-state index contributed by atoms with van der Waals surface area (Å²) < 4.78 is 13.6. The van der Waals surface area contributed by atoms with Gasteiger partial charge in [-0.2, -0.15) is 0 Å². The fourth-order valence-corrected chi connectivity index (χ4v) is 6.57. The molecule has 3 N–H and O–H groups in total. The minimum Gasteiger partial charge on any atom is -0.345 e. The van der Waals surface area contributed by atoms with Crippen molar-refractivity contribution in [1.82, 2.24) is 20.2 Å². The van der Waals surface area contributed by atoms with E-state index in [1.807, 2.05) is 6.20 Å². The van der Waals surface area contributed by atoms with Crippen LogP contribution in [0.3, 0.4) is 0 Å². The second-order valence-electron chi connectivity index (χ2n) is 11.2. The molecule has 212 valence electrons. The molecule has 0 atom stereocenters. The maximum atomic E-state index is 13.6. The monoisotopic (exact) mass is 571 g/mol. The van der Waals surface area contributed by atoms with Crippen molar-refractivity contribution in [2.24, 2.45) is 0 Å². The molecule has 0 spiro atoms. The van der Waals surface area contributed by atoms with E-state index in [1.165, 1.54) is 49.4 Å². The highest BCUT2D eigenvalue weighted by atomic mass is 35.5. The average Bonchev–Trinajstić information content (AvgIpc) is 3.74. The van der Waals surface area contributed by atoms with Crippen LogP contribution in [0.1, 0.15) is 44.1 Å². The van der Waals surface area contributed by atoms with E-state index in [-0.39, 0.29) is 23.0 Å². The molecule has 1 aliphatic carbocycles. The van der Waals surface area contributed by atoms with E-state index in [2.05, 4.69) is 74.0 Å². The highest BCUT2D eigenvalue weighted by Gasteiger charge is 2.38. The topological polar surface area (TPSA) is 73.0 Å². The summed E-state index contributed by atoms with van der Waals surface area (Å²) in [6, 6.07) is 22.0. The number of nitrogens with zero attached hydrogens (tertiary/aromatic N) is 2. The van der Waals surface area contributed by atoms with Crippen molar-refractivity contribution < 1.29 is 9.18 Å². The Balaban J connectivity index is 1.20. The molecule has 41 heavy (non-hydrogen) atoms. The number of likely N-dealkylation sites (tertiary alicyclic amines) is 1. The van der Waals surface area contributed by atoms with Crippen LogP contribution in [0, 0.1) is 5.82 Å². The molecule has 3 aromatic carbocycles. The number of hydrogen-bond donors (Lipinski definition) is 3. The molecule has 1 saturated heterocycles. The molecule has 0 bridgehead atoms. The molecule has 2 aliphatic rings. The molecule has 1 aliphatic heterocycles. The number of aromatic nitrogens is 2. The number of H-pyrrole nitrogens is 1. The summed E-state index contributed by atoms with van der Waals surface area (Å²) >= 11 is 5.91. The van der Waals surface area contributed by atoms with Gasteiger partial charge in [-0.1, -0.05) is 66.9 Å². The fourth-order valence-electron chi connectivity index (χ4n) is 6.39. The van der Waals surface area contributed by atoms with Crippen LogP contribution >= 0.6 is 11.6 Å². The number of anilines is 1. The van der Waals surface area contributed by atoms with Crippen molar-refractivity contribution >= 4 is 23.2 Å². The SMILES string of the molecule is O=C(CNC1(c2ccc(-c3cccc(-c4ncc[nH]4)c3)cc2)CCN(C2CCCC2)CC1)Nc1ccc(F)c(Cl)c1. The van der Waals surface area contributed by atoms with Crippen molar-refractivity contribution in [3.8, 4) is 22.5 Å². The standard InChI is InChI=1S/C33H35ClFN5O/c34-29-21-27(12-13-30(29)35)39-31(41)22-38-33(14-18-40(19-15-33)28-6-1-2-7-28)26-10-8-23(9-11-26)24-4-3-5-25(20-24)32-36-16-17-37-32/h3-5,8-13,16-17,20-21,28,38H,1-2,6-7,14-15,18-19,22H2,(H,36,37)(H,39,41). The second kappa shape index (κ2) is 12.1. The summed E-state index contributed by atoms with van der Waals surface area (Å²) in [6.07, 6.45) is 10.6. The predicted molar refractivity (Wildman–Crippen MR) is 162 cm³/mol. The summed E-state index contributed by atoms with van der Waals surface area (Å²) in [5.74, 6) is 0.158. The van der Waals surface area contributed by atoms with E-state index in [0.717, 1.165) is 48.4 Å². The number of benzene rings is 3. The van der Waals surface area contributed by atoms with Crippen LogP contribution in [0.4, 0.5) is 10.1 Å². The molecule has 2 heterocycles. The Morgan fingerprint density at radius 1 is 1.00 bits per heavy atom. The first kappa shape index (κ1) is 27.6. The number of nitrogens with one attached hydrogen (secondary N) is 3. The summed E-state index contributed by atoms with van der Waals surface area (Å²) in [4.78, 5) is 23.1. The smallest absolute Gasteiger partial charge is 0.238 e. The quantitative estimate of drug-likeness (QED) is 0.213. The zero-order chi connectivity index (χ0) is 28.2. The van der Waals surface area contributed by atoms with Gasteiger partial charge in [0.1, 0.15) is 11.6 Å². The van der Waals surface area contributed by atoms with Crippen molar-refractivity contribution in [3.63, 3.8) is 0 Å². The Labute approximate surface area is 245 Å². The molecule has 1 saturated carbocycles. The molecular formula is C33H35ClFN5O. The number of carbonyl (C=O) groups is 1. The lowest BCUT2D eigenvalue weighted by Gasteiger charge is -2.45. The number of piperidine rings is 1. The summed E-state index contributed by atoms with van der Waals surface area (Å²) in [7, 11) is 0. The summed E-state index contributed by atoms with van der Waals surface area (Å²) in [6.45, 7) is 2.14. The lowest BCUT2D eigenvalue weighted by molar-refractivity contribution is -0.116. The normalized spacial score (nSPS) is 17.5. The van der Waals surface area contributed by atoms with Crippen LogP contribution in [0.2, 0.25) is 5.02 Å². The van der Waals surface area contributed by atoms with E-state index >= 15 is 0 Å². The van der Waals surface area contributed by atoms with E-state index in [9.17, 15) is 9.18 Å². The molecule has 2 fully saturated rings. The Kier molecular flexibility index (Phi) is 8.19. The number of aromatic amines is 1. The van der Waals surface area contributed by atoms with Crippen LogP contribution < -0.4 is 10.6 Å². The van der Waals surface area contributed by atoms with Crippen LogP contribution in [0.25, 0.3) is 22.5 Å². The molecule has 6 nitrogen and oxygen atoms in total. The van der Waals surface area contributed by atoms with Gasteiger partial charge in [0.15, 0.2) is 0 Å². The third-order valence-corrected chi connectivity index (χ3v) is 8.98. The Morgan fingerprint density at radius 3 is 2.46 bits per heavy atom. The van der Waals surface area contributed by atoms with Gasteiger partial charge in [-0.15, -0.1) is 0 Å². The first-order valence-corrected chi connectivity index (χ1v) is 14.8. The molecule has 0 radical (unpaired) electrons. The Morgan fingerprint density at radius 2 is 1.76 bits per heavy atom. The van der Waals surface area contributed by atoms with Crippen LogP contribution in [0.15, 0.2) is 79.1 Å². The highest BCUT2D eigenvalue weighted by Crippen LogP contribution is 2.37. The maximum Gasteiger partial charge on any atom is 0.238 e. The van der Waals surface area contributed by atoms with E-state index < -0.39 is 5.82 Å². The van der Waals surface area contributed by atoms with Crippen molar-refractivity contribution in [2.75, 3.05) is 25.0 Å². The number of amides is 1. The third kappa shape index (κ3) is 6.22. The first-order valence-electron chi connectivity index (χ1n) is 14.4. The van der Waals surface area contributed by atoms with Crippen LogP contribution in [-0.2, 0) is 10.3 Å². The predicted octanol–water partition coefficient (Wildman–Crippen LogP) is 7.00. The molecule has 4 aromatic rings. The molecular weight excluding hydrogens is 537 g/mol. The van der Waals surface area contributed by atoms with Gasteiger partial charge in [0.25, 0.3) is 0 Å². The number of hydrogen-bond acceptors (Lipinski definition) is 4.